The number of rotatable bonds is 10. The van der Waals surface area contributed by atoms with Gasteiger partial charge in [-0.25, -0.2) is 8.42 Å². The minimum absolute atomic E-state index is 0.000771. The Balaban J connectivity index is 1.73. The zero-order chi connectivity index (χ0) is 31.4. The van der Waals surface area contributed by atoms with Gasteiger partial charge >= 0.3 is 6.18 Å². The zero-order valence-corrected chi connectivity index (χ0v) is 25.2. The van der Waals surface area contributed by atoms with Gasteiger partial charge in [-0.05, 0) is 69.5 Å². The number of sulfonamides is 1. The van der Waals surface area contributed by atoms with Gasteiger partial charge in [0.05, 0.1) is 16.1 Å². The van der Waals surface area contributed by atoms with E-state index in [0.717, 1.165) is 54.5 Å². The molecule has 0 spiro atoms. The largest absolute Gasteiger partial charge is 0.416 e. The maximum absolute atomic E-state index is 14.0. The maximum atomic E-state index is 14.0. The average molecular weight is 616 g/mol. The van der Waals surface area contributed by atoms with Crippen LogP contribution in [0.2, 0.25) is 0 Å². The average Bonchev–Trinajstić information content (AvgIpc) is 3.47. The van der Waals surface area contributed by atoms with E-state index in [4.69, 9.17) is 0 Å². The summed E-state index contributed by atoms with van der Waals surface area (Å²) in [6.45, 7) is 4.41. The highest BCUT2D eigenvalue weighted by atomic mass is 32.2. The molecule has 0 saturated heterocycles. The number of hydrogen-bond acceptors (Lipinski definition) is 4. The van der Waals surface area contributed by atoms with Crippen LogP contribution in [0.5, 0.6) is 0 Å². The molecule has 0 bridgehead atoms. The summed E-state index contributed by atoms with van der Waals surface area (Å²) in [6, 6.07) is 16.1. The molecule has 3 aromatic carbocycles. The second-order valence-electron chi connectivity index (χ2n) is 11.0. The number of benzene rings is 3. The molecule has 7 nitrogen and oxygen atoms in total. The van der Waals surface area contributed by atoms with Crippen molar-refractivity contribution in [2.45, 2.75) is 76.2 Å². The summed E-state index contributed by atoms with van der Waals surface area (Å²) in [5, 5.41) is 2.99. The van der Waals surface area contributed by atoms with Gasteiger partial charge in [0.25, 0.3) is 10.0 Å². The van der Waals surface area contributed by atoms with E-state index in [0.29, 0.717) is 10.4 Å². The molecule has 3 aromatic rings. The Kier molecular flexibility index (Phi) is 9.84. The van der Waals surface area contributed by atoms with Crippen molar-refractivity contribution in [1.82, 2.24) is 10.2 Å². The molecule has 0 aliphatic heterocycles. The van der Waals surface area contributed by atoms with Gasteiger partial charge in [-0.3, -0.25) is 13.9 Å². The Labute approximate surface area is 250 Å². The summed E-state index contributed by atoms with van der Waals surface area (Å²) in [5.41, 5.74) is 1.07. The number of nitrogens with one attached hydrogen (secondary N) is 1. The monoisotopic (exact) mass is 615 g/mol. The number of aryl methyl sites for hydroxylation is 2. The number of alkyl halides is 3. The van der Waals surface area contributed by atoms with E-state index in [1.807, 2.05) is 25.1 Å². The van der Waals surface area contributed by atoms with Crippen molar-refractivity contribution < 1.29 is 31.2 Å². The lowest BCUT2D eigenvalue weighted by molar-refractivity contribution is -0.139. The first-order valence-corrected chi connectivity index (χ1v) is 15.6. The van der Waals surface area contributed by atoms with E-state index in [2.05, 4.69) is 5.32 Å². The predicted molar refractivity (Wildman–Crippen MR) is 159 cm³/mol. The lowest BCUT2D eigenvalue weighted by Crippen LogP contribution is -2.52. The van der Waals surface area contributed by atoms with Gasteiger partial charge in [0.15, 0.2) is 0 Å². The topological polar surface area (TPSA) is 86.8 Å². The fraction of sp³-hybridized carbons (Fsp3) is 0.375. The minimum atomic E-state index is -4.73. The van der Waals surface area contributed by atoms with E-state index in [1.165, 1.54) is 23.1 Å². The molecule has 1 fully saturated rings. The lowest BCUT2D eigenvalue weighted by atomic mass is 10.1. The van der Waals surface area contributed by atoms with Crippen molar-refractivity contribution in [2.24, 2.45) is 0 Å². The first-order valence-electron chi connectivity index (χ1n) is 14.2. The van der Waals surface area contributed by atoms with E-state index in [-0.39, 0.29) is 29.1 Å². The van der Waals surface area contributed by atoms with Crippen molar-refractivity contribution >= 4 is 27.5 Å². The number of carbonyl (C=O) groups is 2. The molecule has 1 atom stereocenters. The number of amides is 2. The van der Waals surface area contributed by atoms with Crippen molar-refractivity contribution in [2.75, 3.05) is 10.8 Å². The minimum Gasteiger partial charge on any atom is -0.352 e. The van der Waals surface area contributed by atoms with E-state index >= 15 is 0 Å². The molecular formula is C32H36F3N3O4S. The summed E-state index contributed by atoms with van der Waals surface area (Å²) in [6.07, 6.45) is -1.07. The Hall–Kier alpha value is -3.86. The number of nitrogens with zero attached hydrogens (tertiary/aromatic N) is 2. The normalized spacial score (nSPS) is 14.7. The van der Waals surface area contributed by atoms with Crippen LogP contribution in [0.1, 0.15) is 54.9 Å². The first kappa shape index (κ1) is 32.1. The summed E-state index contributed by atoms with van der Waals surface area (Å²) in [7, 11) is -4.49. The van der Waals surface area contributed by atoms with Crippen LogP contribution in [0.15, 0.2) is 77.7 Å². The smallest absolute Gasteiger partial charge is 0.352 e. The zero-order valence-electron chi connectivity index (χ0n) is 24.4. The van der Waals surface area contributed by atoms with Gasteiger partial charge < -0.3 is 10.2 Å². The van der Waals surface area contributed by atoms with Crippen molar-refractivity contribution in [1.29, 1.82) is 0 Å². The van der Waals surface area contributed by atoms with Gasteiger partial charge in [0, 0.05) is 12.6 Å². The van der Waals surface area contributed by atoms with Crippen LogP contribution < -0.4 is 9.62 Å². The number of carbonyl (C=O) groups excluding carboxylic acids is 2. The van der Waals surface area contributed by atoms with Crippen LogP contribution in [0, 0.1) is 13.8 Å². The summed E-state index contributed by atoms with van der Waals surface area (Å²) in [5.74, 6) is -1.11. The van der Waals surface area contributed by atoms with E-state index in [9.17, 15) is 31.2 Å². The number of hydrogen-bond donors (Lipinski definition) is 1. The summed E-state index contributed by atoms with van der Waals surface area (Å²) in [4.78, 5) is 28.4. The maximum Gasteiger partial charge on any atom is 0.416 e. The van der Waals surface area contributed by atoms with Gasteiger partial charge in [0.2, 0.25) is 11.8 Å². The van der Waals surface area contributed by atoms with Crippen molar-refractivity contribution in [3.63, 3.8) is 0 Å². The molecule has 4 rings (SSSR count). The lowest BCUT2D eigenvalue weighted by Gasteiger charge is -2.32. The fourth-order valence-electron chi connectivity index (χ4n) is 5.19. The Morgan fingerprint density at radius 1 is 0.930 bits per heavy atom. The molecule has 1 aliphatic rings. The third kappa shape index (κ3) is 7.95. The quantitative estimate of drug-likeness (QED) is 0.304. The number of halogens is 3. The highest BCUT2D eigenvalue weighted by molar-refractivity contribution is 7.92. The standard InChI is InChI=1S/C32H36F3N3O4S/c1-22-14-16-29(17-15-22)43(41,42)38(28-13-7-10-26(19-28)32(33,34)35)21-30(39)37(20-25-9-6-8-23(2)18-25)24(3)31(40)36-27-11-4-5-12-27/h6-10,13-19,24,27H,4-5,11-12,20-21H2,1-3H3,(H,36,40). The molecule has 0 heterocycles. The van der Waals surface area contributed by atoms with Gasteiger partial charge in [-0.15, -0.1) is 0 Å². The molecule has 2 amide bonds. The van der Waals surface area contributed by atoms with Crippen LogP contribution in [-0.2, 0) is 32.3 Å². The fourth-order valence-corrected chi connectivity index (χ4v) is 6.59. The molecule has 43 heavy (non-hydrogen) atoms. The van der Waals surface area contributed by atoms with Crippen molar-refractivity contribution in [3.05, 3.63) is 95.1 Å². The second kappa shape index (κ2) is 13.2. The highest BCUT2D eigenvalue weighted by Gasteiger charge is 2.35. The third-order valence-corrected chi connectivity index (χ3v) is 9.44. The van der Waals surface area contributed by atoms with Gasteiger partial charge in [-0.2, -0.15) is 13.2 Å². The highest BCUT2D eigenvalue weighted by Crippen LogP contribution is 2.33. The molecule has 0 radical (unpaired) electrons. The van der Waals surface area contributed by atoms with Gasteiger partial charge in [-0.1, -0.05) is 66.4 Å². The van der Waals surface area contributed by atoms with Crippen LogP contribution in [0.25, 0.3) is 0 Å². The summed E-state index contributed by atoms with van der Waals surface area (Å²) >= 11 is 0. The first-order chi connectivity index (χ1) is 20.3. The van der Waals surface area contributed by atoms with E-state index in [1.54, 1.807) is 32.0 Å². The third-order valence-electron chi connectivity index (χ3n) is 7.65. The Morgan fingerprint density at radius 2 is 1.58 bits per heavy atom. The molecule has 1 aliphatic carbocycles. The molecule has 1 unspecified atom stereocenters. The van der Waals surface area contributed by atoms with Crippen LogP contribution in [-0.4, -0.2) is 43.8 Å². The molecule has 11 heteroatoms. The van der Waals surface area contributed by atoms with Crippen molar-refractivity contribution in [3.8, 4) is 0 Å². The molecular weight excluding hydrogens is 579 g/mol. The summed E-state index contributed by atoms with van der Waals surface area (Å²) < 4.78 is 69.4. The Bertz CT molecular complexity index is 1550. The molecule has 230 valence electrons. The van der Waals surface area contributed by atoms with Crippen LogP contribution in [0.3, 0.4) is 0 Å². The molecule has 1 saturated carbocycles. The van der Waals surface area contributed by atoms with E-state index < -0.39 is 40.3 Å². The van der Waals surface area contributed by atoms with Crippen LogP contribution in [0.4, 0.5) is 18.9 Å². The number of anilines is 1. The van der Waals surface area contributed by atoms with Gasteiger partial charge in [0.1, 0.15) is 12.6 Å². The SMILES string of the molecule is Cc1ccc(S(=O)(=O)N(CC(=O)N(Cc2cccc(C)c2)C(C)C(=O)NC2CCCC2)c2cccc(C(F)(F)F)c2)cc1. The predicted octanol–water partition coefficient (Wildman–Crippen LogP) is 5.99. The molecule has 0 aromatic heterocycles. The molecule has 1 N–H and O–H groups in total. The van der Waals surface area contributed by atoms with Crippen LogP contribution >= 0.6 is 0 Å². The second-order valence-corrected chi connectivity index (χ2v) is 12.9. The Morgan fingerprint density at radius 3 is 2.21 bits per heavy atom.